The second kappa shape index (κ2) is 11.5. The number of fused-ring (bicyclic) bond motifs is 1. The highest BCUT2D eigenvalue weighted by atomic mass is 16.1. The van der Waals surface area contributed by atoms with E-state index in [9.17, 15) is 4.79 Å². The molecule has 1 fully saturated rings. The van der Waals surface area contributed by atoms with E-state index < -0.39 is 5.91 Å². The van der Waals surface area contributed by atoms with Crippen LogP contribution in [0.5, 0.6) is 0 Å². The zero-order chi connectivity index (χ0) is 28.2. The first-order valence-electron chi connectivity index (χ1n) is 13.4. The summed E-state index contributed by atoms with van der Waals surface area (Å²) < 4.78 is 0. The maximum absolute atomic E-state index is 11.7. The summed E-state index contributed by atoms with van der Waals surface area (Å²) in [5, 5.41) is 13.3. The third kappa shape index (κ3) is 5.85. The van der Waals surface area contributed by atoms with Gasteiger partial charge in [-0.05, 0) is 48.7 Å². The van der Waals surface area contributed by atoms with Crippen LogP contribution in [-0.2, 0) is 6.54 Å². The average Bonchev–Trinajstić information content (AvgIpc) is 3.02. The van der Waals surface area contributed by atoms with Gasteiger partial charge < -0.3 is 11.1 Å². The zero-order valence-corrected chi connectivity index (χ0v) is 22.2. The number of pyridine rings is 3. The Morgan fingerprint density at radius 1 is 1.00 bits per heavy atom. The molecule has 5 aromatic rings. The average molecular weight is 542 g/mol. The van der Waals surface area contributed by atoms with Crippen LogP contribution in [0.3, 0.4) is 0 Å². The number of rotatable bonds is 7. The molecule has 0 atom stereocenters. The van der Waals surface area contributed by atoms with Crippen molar-refractivity contribution in [1.82, 2.24) is 29.8 Å². The number of hydrogen-bond acceptors (Lipinski definition) is 9. The highest BCUT2D eigenvalue weighted by Crippen LogP contribution is 2.33. The van der Waals surface area contributed by atoms with Gasteiger partial charge in [-0.2, -0.15) is 5.26 Å². The Morgan fingerprint density at radius 3 is 2.56 bits per heavy atom. The molecule has 1 aliphatic heterocycles. The lowest BCUT2D eigenvalue weighted by Gasteiger charge is -2.32. The molecule has 41 heavy (non-hydrogen) atoms. The monoisotopic (exact) mass is 541 g/mol. The number of piperidine rings is 1. The number of primary amides is 1. The summed E-state index contributed by atoms with van der Waals surface area (Å²) in [6.07, 6.45) is 6.96. The summed E-state index contributed by atoms with van der Waals surface area (Å²) in [5.41, 5.74) is 10.9. The molecule has 0 bridgehead atoms. The van der Waals surface area contributed by atoms with Gasteiger partial charge in [0.1, 0.15) is 17.6 Å². The van der Waals surface area contributed by atoms with Crippen molar-refractivity contribution < 1.29 is 4.79 Å². The Labute approximate surface area is 236 Å². The standard InChI is InChI=1S/C31H27N9O/c32-17-29-35-12-8-28(39-29)37-23-9-13-40(14-10-23)19-20-4-6-21(7-5-20)30-24(25-3-1-2-11-34-25)15-22-18-36-27(31(33)41)16-26(22)38-30/h1-8,11-12,15-16,18,23H,9-10,13-14,19H2,(H2,33,41)(H,35,37,39). The quantitative estimate of drug-likeness (QED) is 0.309. The minimum atomic E-state index is -0.588. The number of carbonyl (C=O) groups is 1. The highest BCUT2D eigenvalue weighted by Gasteiger charge is 2.20. The molecule has 4 aromatic heterocycles. The van der Waals surface area contributed by atoms with E-state index in [0.29, 0.717) is 17.4 Å². The molecular weight excluding hydrogens is 514 g/mol. The largest absolute Gasteiger partial charge is 0.367 e. The van der Waals surface area contributed by atoms with Gasteiger partial charge in [0.15, 0.2) is 0 Å². The first-order chi connectivity index (χ1) is 20.1. The number of anilines is 1. The fourth-order valence-electron chi connectivity index (χ4n) is 5.10. The van der Waals surface area contributed by atoms with Crippen LogP contribution in [0.1, 0.15) is 34.7 Å². The Hall–Kier alpha value is -5.27. The van der Waals surface area contributed by atoms with Gasteiger partial charge in [-0.3, -0.25) is 19.7 Å². The van der Waals surface area contributed by atoms with Crippen LogP contribution in [0, 0.1) is 11.3 Å². The van der Waals surface area contributed by atoms with E-state index in [1.807, 2.05) is 30.3 Å². The van der Waals surface area contributed by atoms with Crippen molar-refractivity contribution in [3.05, 3.63) is 96.3 Å². The van der Waals surface area contributed by atoms with E-state index in [2.05, 4.69) is 54.4 Å². The van der Waals surface area contributed by atoms with Crippen LogP contribution < -0.4 is 11.1 Å². The maximum atomic E-state index is 11.7. The lowest BCUT2D eigenvalue weighted by molar-refractivity contribution is 0.0995. The molecule has 0 spiro atoms. The van der Waals surface area contributed by atoms with Gasteiger partial charge in [-0.25, -0.2) is 15.0 Å². The van der Waals surface area contributed by atoms with Gasteiger partial charge in [-0.1, -0.05) is 30.3 Å². The van der Waals surface area contributed by atoms with Gasteiger partial charge in [-0.15, -0.1) is 0 Å². The first-order valence-corrected chi connectivity index (χ1v) is 13.4. The molecule has 202 valence electrons. The Kier molecular flexibility index (Phi) is 7.26. The number of nitrogens with two attached hydrogens (primary N) is 1. The molecule has 3 N–H and O–H groups in total. The van der Waals surface area contributed by atoms with Gasteiger partial charge in [0, 0.05) is 60.8 Å². The van der Waals surface area contributed by atoms with Crippen LogP contribution in [0.25, 0.3) is 33.4 Å². The van der Waals surface area contributed by atoms with Crippen LogP contribution in [0.2, 0.25) is 0 Å². The van der Waals surface area contributed by atoms with Crippen LogP contribution in [0.15, 0.2) is 79.3 Å². The number of nitrogens with zero attached hydrogens (tertiary/aromatic N) is 7. The van der Waals surface area contributed by atoms with Gasteiger partial charge in [0.2, 0.25) is 5.82 Å². The van der Waals surface area contributed by atoms with Crippen molar-refractivity contribution in [2.45, 2.75) is 25.4 Å². The molecule has 1 amide bonds. The van der Waals surface area contributed by atoms with E-state index >= 15 is 0 Å². The Morgan fingerprint density at radius 2 is 1.83 bits per heavy atom. The lowest BCUT2D eigenvalue weighted by Crippen LogP contribution is -2.38. The van der Waals surface area contributed by atoms with E-state index in [4.69, 9.17) is 16.0 Å². The van der Waals surface area contributed by atoms with Crippen molar-refractivity contribution in [3.8, 4) is 28.6 Å². The number of hydrogen-bond donors (Lipinski definition) is 2. The third-order valence-corrected chi connectivity index (χ3v) is 7.22. The SMILES string of the molecule is N#Cc1nccc(NC2CCN(Cc3ccc(-c4nc5cc(C(N)=O)ncc5cc4-c4ccccn4)cc3)CC2)n1. The molecule has 1 saturated heterocycles. The minimum Gasteiger partial charge on any atom is -0.367 e. The molecule has 0 aliphatic carbocycles. The number of nitriles is 1. The summed E-state index contributed by atoms with van der Waals surface area (Å²) in [5.74, 6) is 0.282. The second-order valence-electron chi connectivity index (χ2n) is 9.99. The number of nitrogens with one attached hydrogen (secondary N) is 1. The van der Waals surface area contributed by atoms with Crippen LogP contribution >= 0.6 is 0 Å². The van der Waals surface area contributed by atoms with Crippen molar-refractivity contribution in [3.63, 3.8) is 0 Å². The third-order valence-electron chi connectivity index (χ3n) is 7.22. The second-order valence-corrected chi connectivity index (χ2v) is 9.99. The number of amides is 1. The van der Waals surface area contributed by atoms with Crippen molar-refractivity contribution in [2.24, 2.45) is 5.73 Å². The molecular formula is C31H27N9O. The molecule has 10 nitrogen and oxygen atoms in total. The normalized spacial score (nSPS) is 14.0. The topological polar surface area (TPSA) is 147 Å². The maximum Gasteiger partial charge on any atom is 0.267 e. The summed E-state index contributed by atoms with van der Waals surface area (Å²) in [6, 6.07) is 22.0. The molecule has 1 aromatic carbocycles. The molecule has 6 rings (SSSR count). The van der Waals surface area contributed by atoms with Gasteiger partial charge in [0.25, 0.3) is 5.91 Å². The predicted molar refractivity (Wildman–Crippen MR) is 155 cm³/mol. The fourth-order valence-corrected chi connectivity index (χ4v) is 5.10. The molecule has 10 heteroatoms. The number of carbonyl (C=O) groups excluding carboxylic acids is 1. The highest BCUT2D eigenvalue weighted by molar-refractivity contribution is 5.96. The van der Waals surface area contributed by atoms with Crippen LogP contribution in [-0.4, -0.2) is 54.9 Å². The van der Waals surface area contributed by atoms with E-state index in [1.165, 1.54) is 5.56 Å². The summed E-state index contributed by atoms with van der Waals surface area (Å²) in [7, 11) is 0. The molecule has 0 saturated carbocycles. The Balaban J connectivity index is 1.18. The number of aromatic nitrogens is 5. The van der Waals surface area contributed by atoms with E-state index in [0.717, 1.165) is 60.4 Å². The van der Waals surface area contributed by atoms with Gasteiger partial charge >= 0.3 is 0 Å². The van der Waals surface area contributed by atoms with Crippen molar-refractivity contribution in [2.75, 3.05) is 18.4 Å². The van der Waals surface area contributed by atoms with Crippen LogP contribution in [0.4, 0.5) is 5.82 Å². The lowest BCUT2D eigenvalue weighted by atomic mass is 9.99. The van der Waals surface area contributed by atoms with E-state index in [-0.39, 0.29) is 11.5 Å². The molecule has 0 radical (unpaired) electrons. The van der Waals surface area contributed by atoms with Crippen molar-refractivity contribution >= 4 is 22.6 Å². The zero-order valence-electron chi connectivity index (χ0n) is 22.2. The minimum absolute atomic E-state index is 0.175. The molecule has 5 heterocycles. The molecule has 0 unspecified atom stereocenters. The fraction of sp³-hybridized carbons (Fsp3) is 0.194. The summed E-state index contributed by atoms with van der Waals surface area (Å²) >= 11 is 0. The Bertz CT molecular complexity index is 1740. The first kappa shape index (κ1) is 26.0. The van der Waals surface area contributed by atoms with Gasteiger partial charge in [0.05, 0.1) is 16.9 Å². The number of benzene rings is 1. The summed E-state index contributed by atoms with van der Waals surface area (Å²) in [4.78, 5) is 36.0. The van der Waals surface area contributed by atoms with E-state index in [1.54, 1.807) is 30.7 Å². The molecule has 1 aliphatic rings. The smallest absolute Gasteiger partial charge is 0.267 e. The number of likely N-dealkylation sites (tertiary alicyclic amines) is 1. The van der Waals surface area contributed by atoms with Crippen molar-refractivity contribution in [1.29, 1.82) is 5.26 Å². The summed E-state index contributed by atoms with van der Waals surface area (Å²) in [6.45, 7) is 2.77. The predicted octanol–water partition coefficient (Wildman–Crippen LogP) is 4.20.